The molecular formula is C21H22N6O3. The average Bonchev–Trinajstić information content (AvgIpc) is 3.32. The van der Waals surface area contributed by atoms with E-state index in [9.17, 15) is 10.1 Å². The Morgan fingerprint density at radius 3 is 2.83 bits per heavy atom. The average molecular weight is 406 g/mol. The van der Waals surface area contributed by atoms with Crippen molar-refractivity contribution in [3.8, 4) is 6.07 Å². The zero-order valence-corrected chi connectivity index (χ0v) is 17.3. The van der Waals surface area contributed by atoms with Crippen LogP contribution in [0.15, 0.2) is 40.3 Å². The fourth-order valence-corrected chi connectivity index (χ4v) is 3.60. The molecule has 4 rings (SSSR count). The van der Waals surface area contributed by atoms with Crippen LogP contribution in [0.1, 0.15) is 57.6 Å². The number of nitrogens with zero attached hydrogens (tertiary/aromatic N) is 5. The molecule has 3 heterocycles. The van der Waals surface area contributed by atoms with E-state index in [1.807, 2.05) is 19.1 Å². The minimum atomic E-state index is -0.655. The predicted molar refractivity (Wildman–Crippen MR) is 109 cm³/mol. The zero-order chi connectivity index (χ0) is 21.5. The van der Waals surface area contributed by atoms with Crippen LogP contribution in [0.25, 0.3) is 11.0 Å². The summed E-state index contributed by atoms with van der Waals surface area (Å²) in [7, 11) is 0. The molecule has 0 radical (unpaired) electrons. The summed E-state index contributed by atoms with van der Waals surface area (Å²) in [6.45, 7) is 7.42. The highest BCUT2D eigenvalue weighted by Crippen LogP contribution is 2.43. The van der Waals surface area contributed by atoms with Crippen LogP contribution in [0.2, 0.25) is 0 Å². The van der Waals surface area contributed by atoms with Gasteiger partial charge < -0.3 is 10.1 Å². The number of fused-ring (bicyclic) bond motifs is 2. The number of anilines is 1. The Hall–Kier alpha value is -3.67. The SMILES string of the molecule is CCCC1=C(C#N)C(c2cccc3nonc23)c2cn(C(=O)OC(C)(C)C)nc2N1. The second-order valence-corrected chi connectivity index (χ2v) is 8.15. The predicted octanol–water partition coefficient (Wildman–Crippen LogP) is 4.34. The minimum Gasteiger partial charge on any atom is -0.442 e. The largest absolute Gasteiger partial charge is 0.442 e. The van der Waals surface area contributed by atoms with Crippen molar-refractivity contribution in [2.75, 3.05) is 5.32 Å². The zero-order valence-electron chi connectivity index (χ0n) is 17.3. The lowest BCUT2D eigenvalue weighted by atomic mass is 9.82. The van der Waals surface area contributed by atoms with Crippen LogP contribution in [0.5, 0.6) is 0 Å². The Morgan fingerprint density at radius 1 is 1.33 bits per heavy atom. The summed E-state index contributed by atoms with van der Waals surface area (Å²) < 4.78 is 11.5. The molecule has 1 aliphatic rings. The first-order chi connectivity index (χ1) is 14.3. The molecule has 0 aliphatic carbocycles. The minimum absolute atomic E-state index is 0.459. The topological polar surface area (TPSA) is 119 Å². The molecule has 3 aromatic rings. The number of nitrogens with one attached hydrogen (secondary N) is 1. The Balaban J connectivity index is 1.88. The van der Waals surface area contributed by atoms with Crippen molar-refractivity contribution >= 4 is 22.9 Å². The summed E-state index contributed by atoms with van der Waals surface area (Å²) in [5.74, 6) is 0.0568. The normalized spacial score (nSPS) is 16.2. The van der Waals surface area contributed by atoms with Gasteiger partial charge in [0.05, 0.1) is 17.6 Å². The number of hydrogen-bond donors (Lipinski definition) is 1. The third kappa shape index (κ3) is 3.41. The highest BCUT2D eigenvalue weighted by molar-refractivity contribution is 5.81. The number of hydrogen-bond acceptors (Lipinski definition) is 8. The van der Waals surface area contributed by atoms with E-state index >= 15 is 0 Å². The Labute approximate surface area is 173 Å². The molecule has 1 N–H and O–H groups in total. The first-order valence-electron chi connectivity index (χ1n) is 9.76. The van der Waals surface area contributed by atoms with Gasteiger partial charge in [0.15, 0.2) is 5.82 Å². The fraction of sp³-hybridized carbons (Fsp3) is 0.381. The number of aromatic nitrogens is 4. The molecule has 0 bridgehead atoms. The molecule has 9 nitrogen and oxygen atoms in total. The number of ether oxygens (including phenoxy) is 1. The van der Waals surface area contributed by atoms with Crippen molar-refractivity contribution < 1.29 is 14.2 Å². The van der Waals surface area contributed by atoms with Gasteiger partial charge in [0.1, 0.15) is 16.6 Å². The summed E-state index contributed by atoms with van der Waals surface area (Å²) in [4.78, 5) is 12.6. The molecule has 1 aromatic carbocycles. The van der Waals surface area contributed by atoms with Crippen LogP contribution < -0.4 is 5.32 Å². The van der Waals surface area contributed by atoms with E-state index in [0.717, 1.165) is 17.7 Å². The van der Waals surface area contributed by atoms with E-state index in [0.29, 0.717) is 34.4 Å². The van der Waals surface area contributed by atoms with E-state index in [-0.39, 0.29) is 0 Å². The highest BCUT2D eigenvalue weighted by Gasteiger charge is 2.34. The summed E-state index contributed by atoms with van der Waals surface area (Å²) >= 11 is 0. The number of carbonyl (C=O) groups excluding carboxylic acids is 1. The summed E-state index contributed by atoms with van der Waals surface area (Å²) in [5, 5.41) is 25.6. The van der Waals surface area contributed by atoms with E-state index in [4.69, 9.17) is 9.37 Å². The van der Waals surface area contributed by atoms with Crippen molar-refractivity contribution in [3.63, 3.8) is 0 Å². The van der Waals surface area contributed by atoms with Crippen LogP contribution in [0.4, 0.5) is 10.6 Å². The first kappa shape index (κ1) is 19.6. The Bertz CT molecular complexity index is 1190. The second-order valence-electron chi connectivity index (χ2n) is 8.15. The molecule has 0 fully saturated rings. The van der Waals surface area contributed by atoms with Gasteiger partial charge in [-0.2, -0.15) is 9.94 Å². The molecule has 2 aromatic heterocycles. The third-order valence-corrected chi connectivity index (χ3v) is 4.77. The van der Waals surface area contributed by atoms with Crippen LogP contribution in [0.3, 0.4) is 0 Å². The van der Waals surface area contributed by atoms with Crippen LogP contribution >= 0.6 is 0 Å². The number of allylic oxidation sites excluding steroid dienone is 2. The van der Waals surface area contributed by atoms with Crippen molar-refractivity contribution in [2.45, 2.75) is 52.1 Å². The number of rotatable bonds is 3. The Morgan fingerprint density at radius 2 is 2.13 bits per heavy atom. The molecule has 0 amide bonds. The molecular weight excluding hydrogens is 384 g/mol. The molecule has 0 saturated heterocycles. The van der Waals surface area contributed by atoms with Gasteiger partial charge in [0.25, 0.3) is 0 Å². The van der Waals surface area contributed by atoms with Crippen LogP contribution in [0, 0.1) is 11.3 Å². The Kier molecular flexibility index (Phi) is 4.78. The number of benzene rings is 1. The molecule has 154 valence electrons. The summed E-state index contributed by atoms with van der Waals surface area (Å²) in [5.41, 5.74) is 3.31. The fourth-order valence-electron chi connectivity index (χ4n) is 3.60. The van der Waals surface area contributed by atoms with Gasteiger partial charge in [-0.15, -0.1) is 5.10 Å². The maximum Gasteiger partial charge on any atom is 0.435 e. The quantitative estimate of drug-likeness (QED) is 0.682. The smallest absolute Gasteiger partial charge is 0.435 e. The maximum atomic E-state index is 12.6. The molecule has 0 spiro atoms. The molecule has 1 aliphatic heterocycles. The lowest BCUT2D eigenvalue weighted by molar-refractivity contribution is 0.0515. The van der Waals surface area contributed by atoms with Crippen molar-refractivity contribution in [1.29, 1.82) is 5.26 Å². The van der Waals surface area contributed by atoms with E-state index in [1.165, 1.54) is 4.68 Å². The van der Waals surface area contributed by atoms with Gasteiger partial charge in [-0.3, -0.25) is 0 Å². The lowest BCUT2D eigenvalue weighted by Crippen LogP contribution is -2.27. The lowest BCUT2D eigenvalue weighted by Gasteiger charge is -2.25. The van der Waals surface area contributed by atoms with Gasteiger partial charge in [-0.25, -0.2) is 9.42 Å². The van der Waals surface area contributed by atoms with E-state index in [1.54, 1.807) is 33.0 Å². The monoisotopic (exact) mass is 406 g/mol. The van der Waals surface area contributed by atoms with Crippen molar-refractivity contribution in [2.24, 2.45) is 0 Å². The standard InChI is InChI=1S/C21H22N6O3/c1-5-7-15-13(10-22)17(12-8-6-9-16-18(12)26-30-25-16)14-11-27(24-19(14)23-15)20(28)29-21(2,3)4/h6,8-9,11,17H,5,7H2,1-4H3,(H,23,24). The van der Waals surface area contributed by atoms with Gasteiger partial charge in [0.2, 0.25) is 0 Å². The highest BCUT2D eigenvalue weighted by atomic mass is 16.6. The molecule has 0 saturated carbocycles. The van der Waals surface area contributed by atoms with Crippen molar-refractivity contribution in [1.82, 2.24) is 20.1 Å². The summed E-state index contributed by atoms with van der Waals surface area (Å²) in [6.07, 6.45) is 2.53. The van der Waals surface area contributed by atoms with E-state index in [2.05, 4.69) is 26.8 Å². The number of carbonyl (C=O) groups is 1. The molecule has 1 atom stereocenters. The van der Waals surface area contributed by atoms with Crippen LogP contribution in [-0.4, -0.2) is 31.8 Å². The van der Waals surface area contributed by atoms with E-state index < -0.39 is 17.6 Å². The van der Waals surface area contributed by atoms with Crippen molar-refractivity contribution in [3.05, 3.63) is 46.8 Å². The van der Waals surface area contributed by atoms with Gasteiger partial charge >= 0.3 is 6.09 Å². The molecule has 1 unspecified atom stereocenters. The first-order valence-corrected chi connectivity index (χ1v) is 9.76. The number of nitriles is 1. The van der Waals surface area contributed by atoms with Gasteiger partial charge in [0, 0.05) is 17.5 Å². The summed E-state index contributed by atoms with van der Waals surface area (Å²) in [6, 6.07) is 7.87. The molecule has 30 heavy (non-hydrogen) atoms. The van der Waals surface area contributed by atoms with Crippen LogP contribution in [-0.2, 0) is 4.74 Å². The van der Waals surface area contributed by atoms with Gasteiger partial charge in [-0.05, 0) is 49.1 Å². The third-order valence-electron chi connectivity index (χ3n) is 4.77. The molecule has 9 heteroatoms. The van der Waals surface area contributed by atoms with Gasteiger partial charge in [-0.1, -0.05) is 25.5 Å². The maximum absolute atomic E-state index is 12.6. The second kappa shape index (κ2) is 7.30.